The highest BCUT2D eigenvalue weighted by Crippen LogP contribution is 2.25. The van der Waals surface area contributed by atoms with E-state index in [0.717, 1.165) is 16.7 Å². The first-order valence-electron chi connectivity index (χ1n) is 14.0. The smallest absolute Gasteiger partial charge is 0.246 e. The first-order chi connectivity index (χ1) is 19.7. The van der Waals surface area contributed by atoms with Gasteiger partial charge in [-0.2, -0.15) is 0 Å². The summed E-state index contributed by atoms with van der Waals surface area (Å²) in [5, 5.41) is 6.18. The summed E-state index contributed by atoms with van der Waals surface area (Å²) < 4.78 is 13.8. The second kappa shape index (κ2) is 13.9. The molecular weight excluding hydrogens is 549 g/mol. The van der Waals surface area contributed by atoms with Crippen LogP contribution in [-0.4, -0.2) is 71.3 Å². The van der Waals surface area contributed by atoms with Crippen LogP contribution in [0.1, 0.15) is 48.8 Å². The van der Waals surface area contributed by atoms with Gasteiger partial charge in [0.05, 0.1) is 6.54 Å². The quantitative estimate of drug-likeness (QED) is 0.417. The molecule has 2 aromatic rings. The Labute approximate surface area is 244 Å². The second-order valence-electron chi connectivity index (χ2n) is 10.7. The maximum Gasteiger partial charge on any atom is 0.246 e. The molecule has 2 aliphatic rings. The summed E-state index contributed by atoms with van der Waals surface area (Å²) in [6.45, 7) is 2.72. The lowest BCUT2D eigenvalue weighted by Crippen LogP contribution is -2.56. The Kier molecular flexibility index (Phi) is 10.3. The van der Waals surface area contributed by atoms with E-state index in [-0.39, 0.29) is 57.1 Å². The molecule has 0 bridgehead atoms. The normalized spacial score (nSPS) is 19.2. The van der Waals surface area contributed by atoms with Crippen molar-refractivity contribution >= 4 is 40.9 Å². The zero-order valence-corrected chi connectivity index (χ0v) is 24.0. The van der Waals surface area contributed by atoms with Crippen molar-refractivity contribution in [3.8, 4) is 0 Å². The summed E-state index contributed by atoms with van der Waals surface area (Å²) in [7, 11) is 0. The minimum absolute atomic E-state index is 0.0509. The van der Waals surface area contributed by atoms with Crippen molar-refractivity contribution in [2.75, 3.05) is 25.0 Å². The Hall–Kier alpha value is -3.50. The van der Waals surface area contributed by atoms with Crippen LogP contribution in [0, 0.1) is 6.92 Å². The fraction of sp³-hybridized carbons (Fsp3) is 0.467. The van der Waals surface area contributed by atoms with Gasteiger partial charge in [0.15, 0.2) is 0 Å². The number of anilines is 1. The van der Waals surface area contributed by atoms with Gasteiger partial charge >= 0.3 is 0 Å². The zero-order valence-electron chi connectivity index (χ0n) is 23.2. The van der Waals surface area contributed by atoms with Crippen molar-refractivity contribution in [2.24, 2.45) is 5.73 Å². The molecular formula is C30H37ClFN5O4. The Morgan fingerprint density at radius 2 is 1.83 bits per heavy atom. The Morgan fingerprint density at radius 3 is 2.54 bits per heavy atom. The number of rotatable bonds is 9. The van der Waals surface area contributed by atoms with E-state index in [1.807, 2.05) is 31.2 Å². The highest BCUT2D eigenvalue weighted by molar-refractivity contribution is 6.31. The third-order valence-electron chi connectivity index (χ3n) is 7.65. The van der Waals surface area contributed by atoms with Gasteiger partial charge in [-0.05, 0) is 67.6 Å². The SMILES string of the molecule is Cc1cc(NC(=O)[C@H](CCN)NC(=O)[C@@H]2Cc3ccccc3CN2C(=O)CCC(=O)N2CCCC(F)C2)ccc1Cl. The topological polar surface area (TPSA) is 125 Å². The minimum Gasteiger partial charge on any atom is -0.342 e. The van der Waals surface area contributed by atoms with Crippen LogP contribution in [0.4, 0.5) is 10.1 Å². The summed E-state index contributed by atoms with van der Waals surface area (Å²) in [4.78, 5) is 55.8. The first kappa shape index (κ1) is 30.5. The first-order valence-corrected chi connectivity index (χ1v) is 14.4. The van der Waals surface area contributed by atoms with Gasteiger partial charge < -0.3 is 26.2 Å². The van der Waals surface area contributed by atoms with E-state index in [1.54, 1.807) is 18.2 Å². The van der Waals surface area contributed by atoms with Gasteiger partial charge in [0.25, 0.3) is 0 Å². The van der Waals surface area contributed by atoms with E-state index < -0.39 is 30.1 Å². The molecule has 4 N–H and O–H groups in total. The number of fused-ring (bicyclic) bond motifs is 1. The monoisotopic (exact) mass is 585 g/mol. The average Bonchev–Trinajstić information content (AvgIpc) is 2.96. The molecule has 2 heterocycles. The fourth-order valence-electron chi connectivity index (χ4n) is 5.34. The second-order valence-corrected chi connectivity index (χ2v) is 11.1. The third kappa shape index (κ3) is 7.83. The van der Waals surface area contributed by atoms with Crippen molar-refractivity contribution < 1.29 is 23.6 Å². The highest BCUT2D eigenvalue weighted by atomic mass is 35.5. The number of alkyl halides is 1. The molecule has 0 aliphatic carbocycles. The molecule has 0 saturated carbocycles. The van der Waals surface area contributed by atoms with Crippen LogP contribution in [0.5, 0.6) is 0 Å². The van der Waals surface area contributed by atoms with Crippen LogP contribution in [0.15, 0.2) is 42.5 Å². The number of hydrogen-bond donors (Lipinski definition) is 3. The van der Waals surface area contributed by atoms with Crippen LogP contribution >= 0.6 is 11.6 Å². The maximum absolute atomic E-state index is 13.8. The number of aryl methyl sites for hydroxylation is 1. The number of hydrogen-bond acceptors (Lipinski definition) is 5. The molecule has 4 amide bonds. The number of nitrogens with one attached hydrogen (secondary N) is 2. The molecule has 3 atom stereocenters. The number of nitrogens with zero attached hydrogens (tertiary/aromatic N) is 2. The molecule has 2 aliphatic heterocycles. The molecule has 1 unspecified atom stereocenters. The van der Waals surface area contributed by atoms with E-state index >= 15 is 0 Å². The van der Waals surface area contributed by atoms with E-state index in [4.69, 9.17) is 17.3 Å². The summed E-state index contributed by atoms with van der Waals surface area (Å²) in [6.07, 6.45) is 0.303. The summed E-state index contributed by atoms with van der Waals surface area (Å²) in [5.41, 5.74) is 8.95. The predicted octanol–water partition coefficient (Wildman–Crippen LogP) is 3.11. The van der Waals surface area contributed by atoms with Gasteiger partial charge in [0.2, 0.25) is 23.6 Å². The predicted molar refractivity (Wildman–Crippen MR) is 155 cm³/mol. The van der Waals surface area contributed by atoms with Gasteiger partial charge in [-0.25, -0.2) is 4.39 Å². The number of amides is 4. The summed E-state index contributed by atoms with van der Waals surface area (Å²) in [6, 6.07) is 10.9. The van der Waals surface area contributed by atoms with E-state index in [0.29, 0.717) is 30.1 Å². The number of piperidine rings is 1. The third-order valence-corrected chi connectivity index (χ3v) is 8.08. The van der Waals surface area contributed by atoms with Crippen molar-refractivity contribution in [2.45, 2.75) is 70.2 Å². The summed E-state index contributed by atoms with van der Waals surface area (Å²) in [5.74, 6) is -1.52. The molecule has 11 heteroatoms. The van der Waals surface area contributed by atoms with Crippen molar-refractivity contribution in [1.82, 2.24) is 15.1 Å². The van der Waals surface area contributed by atoms with E-state index in [2.05, 4.69) is 10.6 Å². The number of carbonyl (C=O) groups excluding carboxylic acids is 4. The highest BCUT2D eigenvalue weighted by Gasteiger charge is 2.36. The molecule has 4 rings (SSSR count). The van der Waals surface area contributed by atoms with Gasteiger partial charge in [-0.15, -0.1) is 0 Å². The largest absolute Gasteiger partial charge is 0.342 e. The van der Waals surface area contributed by atoms with Crippen molar-refractivity contribution in [1.29, 1.82) is 0 Å². The molecule has 0 spiro atoms. The maximum atomic E-state index is 13.8. The van der Waals surface area contributed by atoms with Crippen LogP contribution in [0.2, 0.25) is 5.02 Å². The van der Waals surface area contributed by atoms with Gasteiger partial charge in [-0.1, -0.05) is 35.9 Å². The molecule has 0 aromatic heterocycles. The average molecular weight is 586 g/mol. The molecule has 0 radical (unpaired) electrons. The zero-order chi connectivity index (χ0) is 29.5. The number of nitrogens with two attached hydrogens (primary N) is 1. The van der Waals surface area contributed by atoms with Crippen LogP contribution < -0.4 is 16.4 Å². The van der Waals surface area contributed by atoms with E-state index in [9.17, 15) is 23.6 Å². The van der Waals surface area contributed by atoms with Crippen LogP contribution in [-0.2, 0) is 32.1 Å². The standard InChI is InChI=1S/C30H37ClFN5O4/c1-19-15-23(8-9-24(19)31)34-29(40)25(12-13-33)35-30(41)26-16-20-5-2-3-6-21(20)17-37(26)28(39)11-10-27(38)36-14-4-7-22(32)18-36/h2-3,5-6,8-9,15,22,25-26H,4,7,10-14,16-18,33H2,1H3,(H,34,40)(H,35,41)/t22?,25-,26-/m0/s1. The Balaban J connectivity index is 1.46. The lowest BCUT2D eigenvalue weighted by atomic mass is 9.92. The molecule has 220 valence electrons. The molecule has 1 fully saturated rings. The molecule has 41 heavy (non-hydrogen) atoms. The molecule has 9 nitrogen and oxygen atoms in total. The molecule has 2 aromatic carbocycles. The lowest BCUT2D eigenvalue weighted by molar-refractivity contribution is -0.144. The lowest BCUT2D eigenvalue weighted by Gasteiger charge is -2.37. The van der Waals surface area contributed by atoms with Crippen molar-refractivity contribution in [3.63, 3.8) is 0 Å². The number of likely N-dealkylation sites (tertiary alicyclic amines) is 1. The fourth-order valence-corrected chi connectivity index (χ4v) is 5.46. The summed E-state index contributed by atoms with van der Waals surface area (Å²) >= 11 is 6.09. The van der Waals surface area contributed by atoms with Crippen molar-refractivity contribution in [3.05, 3.63) is 64.2 Å². The number of carbonyl (C=O) groups is 4. The molecule has 1 saturated heterocycles. The van der Waals surface area contributed by atoms with Gasteiger partial charge in [-0.3, -0.25) is 19.2 Å². The van der Waals surface area contributed by atoms with Gasteiger partial charge in [0.1, 0.15) is 18.3 Å². The Bertz CT molecular complexity index is 1290. The van der Waals surface area contributed by atoms with E-state index in [1.165, 1.54) is 9.80 Å². The van der Waals surface area contributed by atoms with Crippen LogP contribution in [0.3, 0.4) is 0 Å². The Morgan fingerprint density at radius 1 is 1.10 bits per heavy atom. The minimum atomic E-state index is -1.04. The number of benzene rings is 2. The van der Waals surface area contributed by atoms with Gasteiger partial charge in [0, 0.05) is 43.1 Å². The number of halogens is 2. The van der Waals surface area contributed by atoms with Crippen LogP contribution in [0.25, 0.3) is 0 Å².